The van der Waals surface area contributed by atoms with Crippen molar-refractivity contribution >= 4 is 11.8 Å². The number of nitrogens with one attached hydrogen (secondary N) is 1. The van der Waals surface area contributed by atoms with Gasteiger partial charge in [-0.2, -0.15) is 0 Å². The van der Waals surface area contributed by atoms with Crippen molar-refractivity contribution in [2.75, 3.05) is 39.6 Å². The van der Waals surface area contributed by atoms with Crippen molar-refractivity contribution in [1.29, 1.82) is 0 Å². The van der Waals surface area contributed by atoms with Gasteiger partial charge in [0.25, 0.3) is 0 Å². The predicted molar refractivity (Wildman–Crippen MR) is 88.6 cm³/mol. The fourth-order valence-corrected chi connectivity index (χ4v) is 2.74. The third-order valence-corrected chi connectivity index (χ3v) is 3.94. The van der Waals surface area contributed by atoms with E-state index in [9.17, 15) is 0 Å². The Morgan fingerprint density at radius 1 is 1.20 bits per heavy atom. The number of rotatable bonds is 10. The Labute approximate surface area is 128 Å². The molecule has 1 aromatic rings. The van der Waals surface area contributed by atoms with Crippen molar-refractivity contribution < 1.29 is 4.74 Å². The topological polar surface area (TPSA) is 24.5 Å². The molecular weight excluding hydrogens is 268 g/mol. The molecule has 0 radical (unpaired) electrons. The molecule has 0 heterocycles. The Bertz CT molecular complexity index is 344. The number of thioether (sulfide) groups is 1. The number of likely N-dealkylation sites (N-methyl/N-ethyl adjacent to an activating group) is 1. The molecule has 0 amide bonds. The highest BCUT2D eigenvalue weighted by atomic mass is 32.2. The lowest BCUT2D eigenvalue weighted by atomic mass is 10.3. The van der Waals surface area contributed by atoms with Crippen LogP contribution in [0.25, 0.3) is 0 Å². The molecule has 0 unspecified atom stereocenters. The Balaban J connectivity index is 2.31. The van der Waals surface area contributed by atoms with Crippen molar-refractivity contribution in [1.82, 2.24) is 10.2 Å². The number of hydrogen-bond donors (Lipinski definition) is 1. The van der Waals surface area contributed by atoms with Gasteiger partial charge < -0.3 is 15.0 Å². The zero-order valence-electron chi connectivity index (χ0n) is 13.1. The van der Waals surface area contributed by atoms with Crippen LogP contribution in [0, 0.1) is 0 Å². The molecule has 0 saturated carbocycles. The molecule has 4 heteroatoms. The highest BCUT2D eigenvalue weighted by Gasteiger charge is 2.11. The van der Waals surface area contributed by atoms with Crippen LogP contribution in [0.5, 0.6) is 0 Å². The van der Waals surface area contributed by atoms with Crippen LogP contribution in [0.1, 0.15) is 13.8 Å². The first kappa shape index (κ1) is 17.5. The summed E-state index contributed by atoms with van der Waals surface area (Å²) in [5, 5.41) is 3.58. The van der Waals surface area contributed by atoms with Crippen LogP contribution in [0.15, 0.2) is 35.2 Å². The van der Waals surface area contributed by atoms with Crippen molar-refractivity contribution in [3.05, 3.63) is 30.3 Å². The van der Waals surface area contributed by atoms with Gasteiger partial charge in [-0.25, -0.2) is 0 Å². The van der Waals surface area contributed by atoms with E-state index in [0.29, 0.717) is 12.1 Å². The van der Waals surface area contributed by atoms with E-state index < -0.39 is 0 Å². The molecule has 20 heavy (non-hydrogen) atoms. The van der Waals surface area contributed by atoms with Gasteiger partial charge in [-0.15, -0.1) is 11.8 Å². The van der Waals surface area contributed by atoms with Gasteiger partial charge in [0.2, 0.25) is 0 Å². The van der Waals surface area contributed by atoms with E-state index in [0.717, 1.165) is 25.5 Å². The maximum Gasteiger partial charge on any atom is 0.0628 e. The van der Waals surface area contributed by atoms with E-state index in [1.54, 1.807) is 0 Å². The lowest BCUT2D eigenvalue weighted by molar-refractivity contribution is 0.101. The monoisotopic (exact) mass is 296 g/mol. The Kier molecular flexibility index (Phi) is 8.94. The predicted octanol–water partition coefficient (Wildman–Crippen LogP) is 2.72. The number of benzene rings is 1. The van der Waals surface area contributed by atoms with Crippen LogP contribution < -0.4 is 5.32 Å². The normalized spacial score (nSPS) is 13.1. The molecule has 0 aliphatic heterocycles. The van der Waals surface area contributed by atoms with E-state index in [2.05, 4.69) is 68.5 Å². The van der Waals surface area contributed by atoms with Gasteiger partial charge in [0.15, 0.2) is 0 Å². The van der Waals surface area contributed by atoms with Crippen LogP contribution in [0.3, 0.4) is 0 Å². The van der Waals surface area contributed by atoms with Gasteiger partial charge in [0.05, 0.1) is 13.2 Å². The summed E-state index contributed by atoms with van der Waals surface area (Å²) in [7, 11) is 4.14. The van der Waals surface area contributed by atoms with Gasteiger partial charge in [0, 0.05) is 29.3 Å². The van der Waals surface area contributed by atoms with Crippen LogP contribution in [-0.2, 0) is 4.74 Å². The largest absolute Gasteiger partial charge is 0.378 e. The van der Waals surface area contributed by atoms with Gasteiger partial charge >= 0.3 is 0 Å². The number of ether oxygens (including phenoxy) is 1. The van der Waals surface area contributed by atoms with Crippen LogP contribution in [0.2, 0.25) is 0 Å². The SMILES string of the molecule is CC(C)N[C@H](COCCN(C)C)CSc1ccccc1. The Morgan fingerprint density at radius 3 is 2.50 bits per heavy atom. The lowest BCUT2D eigenvalue weighted by Crippen LogP contribution is -2.40. The van der Waals surface area contributed by atoms with E-state index in [-0.39, 0.29) is 0 Å². The summed E-state index contributed by atoms with van der Waals surface area (Å²) in [6.07, 6.45) is 0. The minimum absolute atomic E-state index is 0.391. The molecule has 3 nitrogen and oxygen atoms in total. The zero-order valence-corrected chi connectivity index (χ0v) is 14.0. The first-order valence-electron chi connectivity index (χ1n) is 7.24. The third kappa shape index (κ3) is 8.59. The molecule has 0 bridgehead atoms. The van der Waals surface area contributed by atoms with Gasteiger partial charge in [-0.3, -0.25) is 0 Å². The average molecular weight is 296 g/mol. The molecule has 1 N–H and O–H groups in total. The summed E-state index contributed by atoms with van der Waals surface area (Å²) >= 11 is 1.88. The summed E-state index contributed by atoms with van der Waals surface area (Å²) in [5.74, 6) is 1.03. The van der Waals surface area contributed by atoms with Crippen molar-refractivity contribution in [2.45, 2.75) is 30.8 Å². The van der Waals surface area contributed by atoms with Gasteiger partial charge in [-0.1, -0.05) is 32.0 Å². The molecule has 1 rings (SSSR count). The fourth-order valence-electron chi connectivity index (χ4n) is 1.80. The molecule has 0 aliphatic rings. The van der Waals surface area contributed by atoms with Crippen LogP contribution in [-0.4, -0.2) is 56.6 Å². The summed E-state index contributed by atoms with van der Waals surface area (Å²) in [6, 6.07) is 11.4. The molecular formula is C16H28N2OS. The van der Waals surface area contributed by atoms with Crippen LogP contribution >= 0.6 is 11.8 Å². The van der Waals surface area contributed by atoms with Gasteiger partial charge in [-0.05, 0) is 26.2 Å². The first-order valence-corrected chi connectivity index (χ1v) is 8.23. The van der Waals surface area contributed by atoms with Crippen molar-refractivity contribution in [2.24, 2.45) is 0 Å². The highest BCUT2D eigenvalue weighted by Crippen LogP contribution is 2.18. The van der Waals surface area contributed by atoms with Crippen LogP contribution in [0.4, 0.5) is 0 Å². The average Bonchev–Trinajstić information content (AvgIpc) is 2.41. The smallest absolute Gasteiger partial charge is 0.0628 e. The second-order valence-corrected chi connectivity index (χ2v) is 6.61. The molecule has 1 atom stereocenters. The van der Waals surface area contributed by atoms with Crippen molar-refractivity contribution in [3.8, 4) is 0 Å². The maximum atomic E-state index is 5.78. The molecule has 0 saturated heterocycles. The summed E-state index contributed by atoms with van der Waals surface area (Å²) < 4.78 is 5.78. The first-order chi connectivity index (χ1) is 9.58. The highest BCUT2D eigenvalue weighted by molar-refractivity contribution is 7.99. The minimum Gasteiger partial charge on any atom is -0.378 e. The Morgan fingerprint density at radius 2 is 1.90 bits per heavy atom. The van der Waals surface area contributed by atoms with E-state index in [1.807, 2.05) is 11.8 Å². The molecule has 0 aliphatic carbocycles. The number of hydrogen-bond acceptors (Lipinski definition) is 4. The molecule has 1 aromatic carbocycles. The third-order valence-electron chi connectivity index (χ3n) is 2.77. The standard InChI is InChI=1S/C16H28N2OS/c1-14(2)17-15(12-19-11-10-18(3)4)13-20-16-8-6-5-7-9-16/h5-9,14-15,17H,10-13H2,1-4H3/t15-/m1/s1. The second-order valence-electron chi connectivity index (χ2n) is 5.52. The summed E-state index contributed by atoms with van der Waals surface area (Å²) in [5.41, 5.74) is 0. The molecule has 0 aromatic heterocycles. The molecule has 0 spiro atoms. The van der Waals surface area contributed by atoms with E-state index in [4.69, 9.17) is 4.74 Å². The second kappa shape index (κ2) is 10.2. The van der Waals surface area contributed by atoms with Crippen molar-refractivity contribution in [3.63, 3.8) is 0 Å². The quantitative estimate of drug-likeness (QED) is 0.530. The lowest BCUT2D eigenvalue weighted by Gasteiger charge is -2.21. The summed E-state index contributed by atoms with van der Waals surface area (Å²) in [4.78, 5) is 3.46. The number of nitrogens with zero attached hydrogens (tertiary/aromatic N) is 1. The minimum atomic E-state index is 0.391. The zero-order chi connectivity index (χ0) is 14.8. The molecule has 114 valence electrons. The van der Waals surface area contributed by atoms with E-state index >= 15 is 0 Å². The Hall–Kier alpha value is -0.550. The molecule has 0 fully saturated rings. The van der Waals surface area contributed by atoms with E-state index in [1.165, 1.54) is 4.90 Å². The fraction of sp³-hybridized carbons (Fsp3) is 0.625. The van der Waals surface area contributed by atoms with Gasteiger partial charge in [0.1, 0.15) is 0 Å². The maximum absolute atomic E-state index is 5.78. The summed E-state index contributed by atoms with van der Waals surface area (Å²) in [6.45, 7) is 6.89.